The summed E-state index contributed by atoms with van der Waals surface area (Å²) in [6.45, 7) is 0. The molecule has 0 saturated carbocycles. The minimum absolute atomic E-state index is 0. The van der Waals surface area contributed by atoms with Crippen LogP contribution in [0.1, 0.15) is 0 Å². The Morgan fingerprint density at radius 1 is 0.917 bits per heavy atom. The number of anilines is 2. The van der Waals surface area contributed by atoms with Crippen LogP contribution in [0, 0.1) is 0 Å². The van der Waals surface area contributed by atoms with Gasteiger partial charge in [0.05, 0.1) is 11.4 Å². The van der Waals surface area contributed by atoms with Crippen molar-refractivity contribution in [2.24, 2.45) is 10.2 Å². The number of nitrogens with two attached hydrogens (primary N) is 2. The van der Waals surface area contributed by atoms with Crippen molar-refractivity contribution in [1.29, 1.82) is 0 Å². The number of azo groups is 1. The van der Waals surface area contributed by atoms with Gasteiger partial charge in [-0.2, -0.15) is 12.9 Å². The predicted octanol–water partition coefficient (Wildman–Crippen LogP) is 0.144. The van der Waals surface area contributed by atoms with Crippen LogP contribution in [0.4, 0.5) is 22.7 Å². The maximum Gasteiger partial charge on any atom is 0.109 e. The van der Waals surface area contributed by atoms with E-state index in [0.717, 1.165) is 5.69 Å². The van der Waals surface area contributed by atoms with Crippen molar-refractivity contribution in [2.45, 2.75) is 0 Å². The first-order valence-corrected chi connectivity index (χ1v) is 7.06. The van der Waals surface area contributed by atoms with Crippen LogP contribution in [-0.4, -0.2) is 5.48 Å². The molecule has 0 aliphatic carbocycles. The SMILES string of the molecule is Nc1ccc(N=Nc2ccccc2)c(N)c1.O=P([O-])([O-])[O-].[Mo].[O-2].[OH-]. The van der Waals surface area contributed by atoms with Crippen molar-refractivity contribution in [3.8, 4) is 0 Å². The minimum atomic E-state index is -5.39. The molecule has 0 heterocycles. The molecule has 0 amide bonds. The van der Waals surface area contributed by atoms with Gasteiger partial charge in [-0.25, -0.2) is 0 Å². The van der Waals surface area contributed by atoms with Crippen LogP contribution in [0.15, 0.2) is 58.8 Å². The maximum absolute atomic E-state index is 8.55. The zero-order valence-corrected chi connectivity index (χ0v) is 14.9. The van der Waals surface area contributed by atoms with Gasteiger partial charge in [0.15, 0.2) is 0 Å². The molecule has 0 fully saturated rings. The summed E-state index contributed by atoms with van der Waals surface area (Å²) in [5.41, 5.74) is 13.9. The Morgan fingerprint density at radius 3 is 1.88 bits per heavy atom. The molecular weight excluding hydrogens is 423 g/mol. The second-order valence-electron chi connectivity index (χ2n) is 3.80. The third-order valence-electron chi connectivity index (χ3n) is 2.08. The van der Waals surface area contributed by atoms with E-state index in [2.05, 4.69) is 10.2 Å². The number of nitrogens with zero attached hydrogens (tertiary/aromatic N) is 2. The molecule has 134 valence electrons. The molecule has 12 heteroatoms. The van der Waals surface area contributed by atoms with Crippen molar-refractivity contribution < 1.29 is 51.3 Å². The van der Waals surface area contributed by atoms with E-state index < -0.39 is 7.82 Å². The molecule has 0 aliphatic heterocycles. The van der Waals surface area contributed by atoms with Crippen molar-refractivity contribution in [3.05, 3.63) is 48.5 Å². The minimum Gasteiger partial charge on any atom is -2.00 e. The van der Waals surface area contributed by atoms with Crippen LogP contribution < -0.4 is 26.1 Å². The van der Waals surface area contributed by atoms with E-state index in [1.54, 1.807) is 18.2 Å². The van der Waals surface area contributed by atoms with Crippen LogP contribution in [0.25, 0.3) is 0 Å². The summed E-state index contributed by atoms with van der Waals surface area (Å²) >= 11 is 0. The third-order valence-corrected chi connectivity index (χ3v) is 2.08. The van der Waals surface area contributed by atoms with E-state index >= 15 is 0 Å². The van der Waals surface area contributed by atoms with Gasteiger partial charge in [0, 0.05) is 26.8 Å². The number of hydrogen-bond acceptors (Lipinski definition) is 9. The van der Waals surface area contributed by atoms with E-state index in [1.807, 2.05) is 30.3 Å². The Bertz CT molecular complexity index is 660. The standard InChI is InChI=1S/C12H12N4.Mo.H3O4P.H2O.O/c13-9-6-7-12(11(14)8-9)16-15-10-4-2-1-3-5-10;;1-5(2,3)4;;/h1-8H,13-14H2;;(H3,1,2,3,4);1H2;/q;;;;-2/p-4. The molecule has 2 aromatic rings. The Labute approximate surface area is 152 Å². The molecule has 0 aliphatic rings. The number of rotatable bonds is 2. The molecule has 2 rings (SSSR count). The largest absolute Gasteiger partial charge is 2.00 e. The van der Waals surface area contributed by atoms with E-state index in [1.165, 1.54) is 0 Å². The summed E-state index contributed by atoms with van der Waals surface area (Å²) in [5, 5.41) is 8.13. The molecule has 0 spiro atoms. The monoisotopic (exact) mass is 438 g/mol. The summed E-state index contributed by atoms with van der Waals surface area (Å²) in [4.78, 5) is 25.6. The van der Waals surface area contributed by atoms with Crippen molar-refractivity contribution in [2.75, 3.05) is 11.5 Å². The topological polar surface area (TPSA) is 222 Å². The average molecular weight is 436 g/mol. The number of benzene rings is 2. The van der Waals surface area contributed by atoms with Crippen molar-refractivity contribution in [1.82, 2.24) is 0 Å². The molecule has 0 unspecified atom stereocenters. The van der Waals surface area contributed by atoms with Crippen LogP contribution in [-0.2, 0) is 31.1 Å². The molecular formula is C12H13MoN4O6P-6. The summed E-state index contributed by atoms with van der Waals surface area (Å²) < 4.78 is 8.55. The van der Waals surface area contributed by atoms with Crippen LogP contribution in [0.5, 0.6) is 0 Å². The fraction of sp³-hybridized carbons (Fsp3) is 0. The van der Waals surface area contributed by atoms with Crippen LogP contribution >= 0.6 is 7.82 Å². The summed E-state index contributed by atoms with van der Waals surface area (Å²) in [6, 6.07) is 14.6. The van der Waals surface area contributed by atoms with Crippen molar-refractivity contribution >= 4 is 30.6 Å². The number of nitrogen functional groups attached to an aromatic ring is 2. The summed E-state index contributed by atoms with van der Waals surface area (Å²) in [5.74, 6) is 0. The van der Waals surface area contributed by atoms with E-state index in [0.29, 0.717) is 17.1 Å². The van der Waals surface area contributed by atoms with Gasteiger partial charge in [0.25, 0.3) is 0 Å². The Kier molecular flexibility index (Phi) is 14.4. The second-order valence-corrected chi connectivity index (χ2v) is 4.70. The predicted molar refractivity (Wildman–Crippen MR) is 76.1 cm³/mol. The van der Waals surface area contributed by atoms with Crippen molar-refractivity contribution in [3.63, 3.8) is 0 Å². The maximum atomic E-state index is 8.55. The number of phosphoric acid groups is 1. The molecule has 0 aromatic heterocycles. The zero-order valence-electron chi connectivity index (χ0n) is 12.0. The van der Waals surface area contributed by atoms with Crippen LogP contribution in [0.2, 0.25) is 0 Å². The summed E-state index contributed by atoms with van der Waals surface area (Å²) in [6.07, 6.45) is 0. The van der Waals surface area contributed by atoms with E-state index in [-0.39, 0.29) is 32.0 Å². The van der Waals surface area contributed by atoms with E-state index in [4.69, 9.17) is 30.7 Å². The van der Waals surface area contributed by atoms with Gasteiger partial charge < -0.3 is 41.7 Å². The first-order chi connectivity index (χ1) is 9.75. The quantitative estimate of drug-likeness (QED) is 0.286. The Balaban J connectivity index is -0.000000490. The molecule has 5 N–H and O–H groups in total. The molecule has 10 nitrogen and oxygen atoms in total. The molecule has 0 radical (unpaired) electrons. The van der Waals surface area contributed by atoms with Gasteiger partial charge in [-0.05, 0) is 30.3 Å². The fourth-order valence-corrected chi connectivity index (χ4v) is 1.27. The molecule has 2 aromatic carbocycles. The third kappa shape index (κ3) is 12.9. The van der Waals surface area contributed by atoms with E-state index in [9.17, 15) is 0 Å². The second kappa shape index (κ2) is 12.7. The first-order valence-electron chi connectivity index (χ1n) is 5.60. The van der Waals surface area contributed by atoms with Gasteiger partial charge in [-0.1, -0.05) is 18.2 Å². The fourth-order valence-electron chi connectivity index (χ4n) is 1.27. The van der Waals surface area contributed by atoms with Gasteiger partial charge in [0.2, 0.25) is 0 Å². The smallest absolute Gasteiger partial charge is 0.109 e. The Hall–Kier alpha value is -1.64. The first kappa shape index (κ1) is 27.2. The number of hydrogen-bond donors (Lipinski definition) is 2. The molecule has 24 heavy (non-hydrogen) atoms. The summed E-state index contributed by atoms with van der Waals surface area (Å²) in [7, 11) is -5.39. The van der Waals surface area contributed by atoms with Gasteiger partial charge in [-0.15, -0.1) is 5.11 Å². The zero-order chi connectivity index (χ0) is 15.9. The van der Waals surface area contributed by atoms with Gasteiger partial charge >= 0.3 is 0 Å². The molecule has 0 atom stereocenters. The van der Waals surface area contributed by atoms with Gasteiger partial charge in [0.1, 0.15) is 5.69 Å². The van der Waals surface area contributed by atoms with Crippen LogP contribution in [0.3, 0.4) is 0 Å². The normalized spacial score (nSPS) is 9.62. The Morgan fingerprint density at radius 2 is 1.42 bits per heavy atom. The molecule has 0 bridgehead atoms. The average Bonchev–Trinajstić information content (AvgIpc) is 2.37. The molecule has 0 saturated heterocycles. The van der Waals surface area contributed by atoms with Gasteiger partial charge in [-0.3, -0.25) is 0 Å².